The van der Waals surface area contributed by atoms with Gasteiger partial charge in [0, 0.05) is 18.7 Å². The van der Waals surface area contributed by atoms with Crippen LogP contribution in [-0.4, -0.2) is 26.4 Å². The molecule has 0 radical (unpaired) electrons. The van der Waals surface area contributed by atoms with Gasteiger partial charge in [0.15, 0.2) is 5.82 Å². The van der Waals surface area contributed by atoms with E-state index in [9.17, 15) is 0 Å². The van der Waals surface area contributed by atoms with Gasteiger partial charge in [-0.3, -0.25) is 5.10 Å². The number of aromatic nitrogens is 4. The van der Waals surface area contributed by atoms with Gasteiger partial charge in [-0.15, -0.1) is 0 Å². The molecule has 0 aliphatic heterocycles. The fourth-order valence-corrected chi connectivity index (χ4v) is 1.20. The van der Waals surface area contributed by atoms with Crippen LogP contribution in [0, 0.1) is 0 Å². The highest BCUT2D eigenvalue weighted by Gasteiger charge is 2.11. The molecule has 0 bridgehead atoms. The minimum absolute atomic E-state index is 0.0831. The number of rotatable bonds is 4. The summed E-state index contributed by atoms with van der Waals surface area (Å²) in [5.41, 5.74) is 6.58. The summed E-state index contributed by atoms with van der Waals surface area (Å²) >= 11 is 0. The number of hydrogen-bond donors (Lipinski definition) is 2. The van der Waals surface area contributed by atoms with Gasteiger partial charge in [0.1, 0.15) is 0 Å². The van der Waals surface area contributed by atoms with Crippen LogP contribution in [0.2, 0.25) is 0 Å². The first kappa shape index (κ1) is 9.85. The van der Waals surface area contributed by atoms with E-state index in [0.717, 1.165) is 12.0 Å². The Hall–Kier alpha value is -1.69. The summed E-state index contributed by atoms with van der Waals surface area (Å²) in [7, 11) is 0. The minimum Gasteiger partial charge on any atom is -0.334 e. The third-order valence-electron chi connectivity index (χ3n) is 2.18. The second kappa shape index (κ2) is 4.22. The lowest BCUT2D eigenvalue weighted by molar-refractivity contribution is 0.419. The van der Waals surface area contributed by atoms with Gasteiger partial charge < -0.3 is 10.3 Å². The highest BCUT2D eigenvalue weighted by atomic mass is 16.5. The molecule has 2 rings (SSSR count). The van der Waals surface area contributed by atoms with E-state index in [0.29, 0.717) is 18.1 Å². The van der Waals surface area contributed by atoms with Crippen LogP contribution in [0.3, 0.4) is 0 Å². The van der Waals surface area contributed by atoms with Crippen LogP contribution in [0.25, 0.3) is 11.5 Å². The summed E-state index contributed by atoms with van der Waals surface area (Å²) in [6, 6.07) is 0.0831. The molecular weight excluding hydrogens is 194 g/mol. The molecule has 3 N–H and O–H groups in total. The molecule has 0 aromatic carbocycles. The molecule has 1 atom stereocenters. The van der Waals surface area contributed by atoms with E-state index in [1.807, 2.05) is 6.92 Å². The monoisotopic (exact) mass is 207 g/mol. The Kier molecular flexibility index (Phi) is 2.77. The van der Waals surface area contributed by atoms with E-state index >= 15 is 0 Å². The van der Waals surface area contributed by atoms with Crippen LogP contribution in [0.4, 0.5) is 0 Å². The summed E-state index contributed by atoms with van der Waals surface area (Å²) in [5.74, 6) is 1.11. The standard InChI is InChI=1S/C9H13N5O/c1-2-7(10)3-8-13-9(15-14-8)6-4-11-12-5-6/h4-5,7H,2-3,10H2,1H3,(H,11,12). The van der Waals surface area contributed by atoms with Crippen molar-refractivity contribution in [2.45, 2.75) is 25.8 Å². The lowest BCUT2D eigenvalue weighted by Gasteiger charge is -2.02. The van der Waals surface area contributed by atoms with Crippen molar-refractivity contribution >= 4 is 0 Å². The molecule has 0 saturated heterocycles. The van der Waals surface area contributed by atoms with E-state index in [1.54, 1.807) is 12.4 Å². The molecule has 0 amide bonds. The van der Waals surface area contributed by atoms with Crippen LogP contribution in [0.5, 0.6) is 0 Å². The Balaban J connectivity index is 2.11. The van der Waals surface area contributed by atoms with Crippen molar-refractivity contribution in [2.75, 3.05) is 0 Å². The van der Waals surface area contributed by atoms with Crippen LogP contribution >= 0.6 is 0 Å². The van der Waals surface area contributed by atoms with Gasteiger partial charge in [-0.1, -0.05) is 12.1 Å². The highest BCUT2D eigenvalue weighted by Crippen LogP contribution is 2.14. The van der Waals surface area contributed by atoms with Crippen molar-refractivity contribution in [2.24, 2.45) is 5.73 Å². The average Bonchev–Trinajstić information content (AvgIpc) is 2.85. The maximum atomic E-state index is 5.79. The molecule has 0 aliphatic carbocycles. The summed E-state index contributed by atoms with van der Waals surface area (Å²) in [6.45, 7) is 2.03. The van der Waals surface area contributed by atoms with Crippen LogP contribution in [-0.2, 0) is 6.42 Å². The topological polar surface area (TPSA) is 93.6 Å². The largest absolute Gasteiger partial charge is 0.334 e. The quantitative estimate of drug-likeness (QED) is 0.771. The zero-order chi connectivity index (χ0) is 10.7. The predicted molar refractivity (Wildman–Crippen MR) is 53.9 cm³/mol. The van der Waals surface area contributed by atoms with E-state index in [4.69, 9.17) is 10.3 Å². The van der Waals surface area contributed by atoms with Gasteiger partial charge >= 0.3 is 0 Å². The second-order valence-corrected chi connectivity index (χ2v) is 3.38. The minimum atomic E-state index is 0.0831. The first-order valence-corrected chi connectivity index (χ1v) is 4.87. The predicted octanol–water partition coefficient (Wildman–Crippen LogP) is 0.740. The molecule has 15 heavy (non-hydrogen) atoms. The zero-order valence-electron chi connectivity index (χ0n) is 8.47. The van der Waals surface area contributed by atoms with E-state index in [1.165, 1.54) is 0 Å². The second-order valence-electron chi connectivity index (χ2n) is 3.38. The van der Waals surface area contributed by atoms with Gasteiger partial charge in [0.05, 0.1) is 11.8 Å². The third-order valence-corrected chi connectivity index (χ3v) is 2.18. The number of H-pyrrole nitrogens is 1. The molecule has 0 aliphatic rings. The first-order valence-electron chi connectivity index (χ1n) is 4.87. The van der Waals surface area contributed by atoms with Crippen molar-refractivity contribution in [3.8, 4) is 11.5 Å². The molecule has 6 heteroatoms. The number of nitrogens with one attached hydrogen (secondary N) is 1. The van der Waals surface area contributed by atoms with Gasteiger partial charge in [-0.05, 0) is 6.42 Å². The Morgan fingerprint density at radius 3 is 3.13 bits per heavy atom. The SMILES string of the molecule is CCC(N)Cc1noc(-c2cn[nH]c2)n1. The van der Waals surface area contributed by atoms with Crippen molar-refractivity contribution < 1.29 is 4.52 Å². The van der Waals surface area contributed by atoms with Gasteiger partial charge in [-0.25, -0.2) is 0 Å². The van der Waals surface area contributed by atoms with E-state index < -0.39 is 0 Å². The Morgan fingerprint density at radius 1 is 1.60 bits per heavy atom. The normalized spacial score (nSPS) is 12.9. The summed E-state index contributed by atoms with van der Waals surface area (Å²) in [5, 5.41) is 10.3. The summed E-state index contributed by atoms with van der Waals surface area (Å²) in [4.78, 5) is 4.22. The molecule has 0 spiro atoms. The summed E-state index contributed by atoms with van der Waals surface area (Å²) in [6.07, 6.45) is 4.88. The Labute approximate surface area is 86.9 Å². The van der Waals surface area contributed by atoms with Crippen molar-refractivity contribution in [1.29, 1.82) is 0 Å². The fraction of sp³-hybridized carbons (Fsp3) is 0.444. The fourth-order valence-electron chi connectivity index (χ4n) is 1.20. The average molecular weight is 207 g/mol. The molecular formula is C9H13N5O. The third kappa shape index (κ3) is 2.21. The number of nitrogens with zero attached hydrogens (tertiary/aromatic N) is 3. The Morgan fingerprint density at radius 2 is 2.47 bits per heavy atom. The Bertz CT molecular complexity index is 408. The van der Waals surface area contributed by atoms with Crippen molar-refractivity contribution in [3.05, 3.63) is 18.2 Å². The zero-order valence-corrected chi connectivity index (χ0v) is 8.47. The molecule has 6 nitrogen and oxygen atoms in total. The van der Waals surface area contributed by atoms with Gasteiger partial charge in [-0.2, -0.15) is 10.1 Å². The molecule has 0 fully saturated rings. The lowest BCUT2D eigenvalue weighted by Crippen LogP contribution is -2.21. The highest BCUT2D eigenvalue weighted by molar-refractivity contribution is 5.48. The van der Waals surface area contributed by atoms with Gasteiger partial charge in [0.25, 0.3) is 5.89 Å². The lowest BCUT2D eigenvalue weighted by atomic mass is 10.2. The van der Waals surface area contributed by atoms with Crippen molar-refractivity contribution in [1.82, 2.24) is 20.3 Å². The van der Waals surface area contributed by atoms with E-state index in [2.05, 4.69) is 20.3 Å². The molecule has 2 heterocycles. The summed E-state index contributed by atoms with van der Waals surface area (Å²) < 4.78 is 5.08. The molecule has 2 aromatic rings. The van der Waals surface area contributed by atoms with Gasteiger partial charge in [0.2, 0.25) is 0 Å². The maximum Gasteiger partial charge on any atom is 0.261 e. The number of aromatic amines is 1. The van der Waals surface area contributed by atoms with Crippen LogP contribution < -0.4 is 5.73 Å². The number of hydrogen-bond acceptors (Lipinski definition) is 5. The van der Waals surface area contributed by atoms with Crippen LogP contribution in [0.15, 0.2) is 16.9 Å². The molecule has 0 saturated carbocycles. The smallest absolute Gasteiger partial charge is 0.261 e. The van der Waals surface area contributed by atoms with Crippen molar-refractivity contribution in [3.63, 3.8) is 0 Å². The molecule has 1 unspecified atom stereocenters. The maximum absolute atomic E-state index is 5.79. The first-order chi connectivity index (χ1) is 7.29. The van der Waals surface area contributed by atoms with E-state index in [-0.39, 0.29) is 6.04 Å². The number of nitrogens with two attached hydrogens (primary N) is 1. The molecule has 2 aromatic heterocycles. The molecule has 80 valence electrons. The van der Waals surface area contributed by atoms with Crippen LogP contribution in [0.1, 0.15) is 19.2 Å².